The number of rotatable bonds is 11. The summed E-state index contributed by atoms with van der Waals surface area (Å²) in [6.07, 6.45) is 0.843. The predicted molar refractivity (Wildman–Crippen MR) is 124 cm³/mol. The van der Waals surface area contributed by atoms with Crippen molar-refractivity contribution in [2.24, 2.45) is 0 Å². The van der Waals surface area contributed by atoms with E-state index in [-0.39, 0.29) is 25.4 Å². The van der Waals surface area contributed by atoms with Crippen LogP contribution in [0.15, 0.2) is 30.3 Å². The van der Waals surface area contributed by atoms with Crippen molar-refractivity contribution in [1.29, 1.82) is 0 Å². The third-order valence-electron chi connectivity index (χ3n) is 6.66. The topological polar surface area (TPSA) is 123 Å². The van der Waals surface area contributed by atoms with E-state index in [1.807, 2.05) is 30.3 Å². The summed E-state index contributed by atoms with van der Waals surface area (Å²) in [5.41, 5.74) is 0.866. The van der Waals surface area contributed by atoms with Crippen LogP contribution < -0.4 is 0 Å². The Morgan fingerprint density at radius 1 is 0.886 bits per heavy atom. The second-order valence-corrected chi connectivity index (χ2v) is 8.84. The van der Waals surface area contributed by atoms with E-state index >= 15 is 0 Å². The highest BCUT2D eigenvalue weighted by Crippen LogP contribution is 2.24. The SMILES string of the molecule is CO[C@@H](CC[C@@H](OC)C(=O)N1CCCC1C(=O)O)C(=O)N1CCCC1C(=O)OCc1ccccc1. The number of benzene rings is 1. The summed E-state index contributed by atoms with van der Waals surface area (Å²) < 4.78 is 16.2. The van der Waals surface area contributed by atoms with Crippen LogP contribution in [-0.4, -0.2) is 90.3 Å². The van der Waals surface area contributed by atoms with Crippen LogP contribution in [0, 0.1) is 0 Å². The number of nitrogens with zero attached hydrogens (tertiary/aromatic N) is 2. The van der Waals surface area contributed by atoms with Crippen molar-refractivity contribution < 1.29 is 38.5 Å². The van der Waals surface area contributed by atoms with Crippen molar-refractivity contribution >= 4 is 23.8 Å². The molecule has 2 aliphatic heterocycles. The number of methoxy groups -OCH3 is 2. The van der Waals surface area contributed by atoms with Gasteiger partial charge in [-0.2, -0.15) is 0 Å². The van der Waals surface area contributed by atoms with E-state index in [0.29, 0.717) is 38.8 Å². The Kier molecular flexibility index (Phi) is 9.62. The zero-order valence-corrected chi connectivity index (χ0v) is 20.3. The third-order valence-corrected chi connectivity index (χ3v) is 6.66. The van der Waals surface area contributed by atoms with E-state index in [1.54, 1.807) is 0 Å². The summed E-state index contributed by atoms with van der Waals surface area (Å²) in [5, 5.41) is 9.37. The van der Waals surface area contributed by atoms with Crippen LogP contribution in [-0.2, 0) is 40.0 Å². The average molecular weight is 491 g/mol. The van der Waals surface area contributed by atoms with Gasteiger partial charge in [-0.05, 0) is 44.1 Å². The second-order valence-electron chi connectivity index (χ2n) is 8.84. The Morgan fingerprint density at radius 2 is 1.40 bits per heavy atom. The predicted octanol–water partition coefficient (Wildman–Crippen LogP) is 1.61. The molecule has 0 bridgehead atoms. The summed E-state index contributed by atoms with van der Waals surface area (Å²) >= 11 is 0. The zero-order chi connectivity index (χ0) is 25.4. The molecule has 3 rings (SSSR count). The van der Waals surface area contributed by atoms with Gasteiger partial charge in [-0.3, -0.25) is 9.59 Å². The number of aliphatic carboxylic acids is 1. The zero-order valence-electron chi connectivity index (χ0n) is 20.3. The van der Waals surface area contributed by atoms with E-state index in [0.717, 1.165) is 5.56 Å². The molecule has 2 unspecified atom stereocenters. The number of hydrogen-bond acceptors (Lipinski definition) is 7. The molecular weight excluding hydrogens is 456 g/mol. The number of carbonyl (C=O) groups is 4. The van der Waals surface area contributed by atoms with Crippen molar-refractivity contribution in [1.82, 2.24) is 9.80 Å². The molecule has 2 heterocycles. The molecule has 1 aromatic rings. The number of carbonyl (C=O) groups excluding carboxylic acids is 3. The Morgan fingerprint density at radius 3 is 1.91 bits per heavy atom. The molecule has 1 N–H and O–H groups in total. The van der Waals surface area contributed by atoms with E-state index < -0.39 is 42.1 Å². The quantitative estimate of drug-likeness (QED) is 0.464. The number of amides is 2. The molecule has 2 saturated heterocycles. The molecule has 0 spiro atoms. The first kappa shape index (κ1) is 26.6. The lowest BCUT2D eigenvalue weighted by atomic mass is 10.1. The smallest absolute Gasteiger partial charge is 0.329 e. The van der Waals surface area contributed by atoms with E-state index in [2.05, 4.69) is 0 Å². The Labute approximate surface area is 205 Å². The van der Waals surface area contributed by atoms with Gasteiger partial charge >= 0.3 is 11.9 Å². The van der Waals surface area contributed by atoms with Crippen LogP contribution in [0.1, 0.15) is 44.1 Å². The van der Waals surface area contributed by atoms with Gasteiger partial charge in [0, 0.05) is 27.3 Å². The minimum absolute atomic E-state index is 0.136. The van der Waals surface area contributed by atoms with Crippen LogP contribution in [0.3, 0.4) is 0 Å². The summed E-state index contributed by atoms with van der Waals surface area (Å²) in [6.45, 7) is 0.921. The van der Waals surface area contributed by atoms with Gasteiger partial charge in [0.2, 0.25) is 0 Å². The van der Waals surface area contributed by atoms with Gasteiger partial charge < -0.3 is 29.1 Å². The highest BCUT2D eigenvalue weighted by Gasteiger charge is 2.40. The summed E-state index contributed by atoms with van der Waals surface area (Å²) in [5.74, 6) is -2.22. The van der Waals surface area contributed by atoms with Crippen LogP contribution in [0.2, 0.25) is 0 Å². The van der Waals surface area contributed by atoms with Gasteiger partial charge in [0.05, 0.1) is 0 Å². The number of carboxylic acids is 1. The minimum Gasteiger partial charge on any atom is -0.480 e. The number of hydrogen-bond donors (Lipinski definition) is 1. The minimum atomic E-state index is -1.03. The molecule has 2 amide bonds. The molecule has 2 aliphatic rings. The maximum Gasteiger partial charge on any atom is 0.329 e. The van der Waals surface area contributed by atoms with E-state index in [9.17, 15) is 24.3 Å². The highest BCUT2D eigenvalue weighted by atomic mass is 16.5. The number of carboxylic acid groups (broad SMARTS) is 1. The van der Waals surface area contributed by atoms with Gasteiger partial charge in [0.15, 0.2) is 0 Å². The molecule has 0 saturated carbocycles. The summed E-state index contributed by atoms with van der Waals surface area (Å²) in [6, 6.07) is 7.80. The first-order valence-corrected chi connectivity index (χ1v) is 12.0. The fourth-order valence-electron chi connectivity index (χ4n) is 4.74. The van der Waals surface area contributed by atoms with Gasteiger partial charge in [0.25, 0.3) is 11.8 Å². The van der Waals surface area contributed by atoms with Crippen LogP contribution in [0.25, 0.3) is 0 Å². The van der Waals surface area contributed by atoms with Crippen molar-refractivity contribution in [3.8, 4) is 0 Å². The third kappa shape index (κ3) is 6.58. The Bertz CT molecular complexity index is 893. The molecule has 0 radical (unpaired) electrons. The van der Waals surface area contributed by atoms with Crippen LogP contribution in [0.4, 0.5) is 0 Å². The Balaban J connectivity index is 1.57. The maximum atomic E-state index is 13.2. The van der Waals surface area contributed by atoms with Gasteiger partial charge in [-0.1, -0.05) is 30.3 Å². The molecule has 2 fully saturated rings. The lowest BCUT2D eigenvalue weighted by molar-refractivity contribution is -0.158. The molecule has 35 heavy (non-hydrogen) atoms. The van der Waals surface area contributed by atoms with Gasteiger partial charge in [-0.25, -0.2) is 9.59 Å². The standard InChI is InChI=1S/C25H34N2O8/c1-33-20(22(28)26-14-6-10-18(26)24(30)31)12-13-21(34-2)23(29)27-15-7-11-19(27)25(32)35-16-17-8-4-3-5-9-17/h3-5,8-9,18-21H,6-7,10-16H2,1-2H3,(H,30,31)/t18?,19?,20-,21+/m1/s1. The van der Waals surface area contributed by atoms with Gasteiger partial charge in [0.1, 0.15) is 30.9 Å². The van der Waals surface area contributed by atoms with E-state index in [1.165, 1.54) is 24.0 Å². The van der Waals surface area contributed by atoms with Crippen molar-refractivity contribution in [2.75, 3.05) is 27.3 Å². The Hall–Kier alpha value is -2.98. The lowest BCUT2D eigenvalue weighted by Crippen LogP contribution is -2.48. The number of likely N-dealkylation sites (tertiary alicyclic amines) is 2. The molecule has 192 valence electrons. The largest absolute Gasteiger partial charge is 0.480 e. The lowest BCUT2D eigenvalue weighted by Gasteiger charge is -2.29. The first-order valence-electron chi connectivity index (χ1n) is 12.0. The van der Waals surface area contributed by atoms with Crippen molar-refractivity contribution in [3.05, 3.63) is 35.9 Å². The average Bonchev–Trinajstić information content (AvgIpc) is 3.55. The molecule has 0 aromatic heterocycles. The molecule has 0 aliphatic carbocycles. The molecule has 4 atom stereocenters. The fourth-order valence-corrected chi connectivity index (χ4v) is 4.74. The van der Waals surface area contributed by atoms with E-state index in [4.69, 9.17) is 14.2 Å². The van der Waals surface area contributed by atoms with Crippen molar-refractivity contribution in [3.63, 3.8) is 0 Å². The van der Waals surface area contributed by atoms with Crippen molar-refractivity contribution in [2.45, 2.75) is 69.4 Å². The highest BCUT2D eigenvalue weighted by molar-refractivity contribution is 5.88. The molecule has 10 heteroatoms. The molecule has 1 aromatic carbocycles. The monoisotopic (exact) mass is 490 g/mol. The first-order chi connectivity index (χ1) is 16.9. The molecule has 10 nitrogen and oxygen atoms in total. The summed E-state index contributed by atoms with van der Waals surface area (Å²) in [4.78, 5) is 53.1. The van der Waals surface area contributed by atoms with Crippen LogP contribution >= 0.6 is 0 Å². The maximum absolute atomic E-state index is 13.2. The van der Waals surface area contributed by atoms with Gasteiger partial charge in [-0.15, -0.1) is 0 Å². The molecular formula is C25H34N2O8. The summed E-state index contributed by atoms with van der Waals surface area (Å²) in [7, 11) is 2.79. The number of ether oxygens (including phenoxy) is 3. The second kappa shape index (κ2) is 12.6. The fraction of sp³-hybridized carbons (Fsp3) is 0.600. The van der Waals surface area contributed by atoms with Crippen LogP contribution in [0.5, 0.6) is 0 Å². The normalized spacial score (nSPS) is 21.5. The number of esters is 1.